The van der Waals surface area contributed by atoms with Gasteiger partial charge in [-0.25, -0.2) is 4.79 Å². The van der Waals surface area contributed by atoms with E-state index in [1.165, 1.54) is 32.1 Å². The number of carbonyl (C=O) groups excluding carboxylic acids is 1. The highest BCUT2D eigenvalue weighted by atomic mass is 16.6. The van der Waals surface area contributed by atoms with Crippen molar-refractivity contribution in [3.8, 4) is 0 Å². The SMILES string of the molecule is CC(C)(C)OC(=O)N1C[C@H](CC2=CCC3(CC2)CC3)C[C@H]1CO. The zero-order chi connectivity index (χ0) is 16.7. The first-order valence-corrected chi connectivity index (χ1v) is 9.09. The standard InChI is InChI=1S/C19H31NO3/c1-18(2,3)23-17(22)20-12-15(11-16(20)13-21)10-14-4-6-19(7-5-14)8-9-19/h4,15-16,21H,5-13H2,1-3H3/t15-,16+/m1/s1. The number of aliphatic hydroxyl groups excluding tert-OH is 1. The molecule has 130 valence electrons. The Bertz CT molecular complexity index is 487. The Labute approximate surface area is 139 Å². The number of rotatable bonds is 3. The monoisotopic (exact) mass is 321 g/mol. The molecule has 1 heterocycles. The summed E-state index contributed by atoms with van der Waals surface area (Å²) in [7, 11) is 0. The number of nitrogens with zero attached hydrogens (tertiary/aromatic N) is 1. The van der Waals surface area contributed by atoms with Crippen LogP contribution in [-0.4, -0.2) is 40.9 Å². The molecule has 4 nitrogen and oxygen atoms in total. The zero-order valence-electron chi connectivity index (χ0n) is 14.8. The largest absolute Gasteiger partial charge is 0.444 e. The van der Waals surface area contributed by atoms with Gasteiger partial charge in [0.15, 0.2) is 0 Å². The molecule has 2 fully saturated rings. The summed E-state index contributed by atoms with van der Waals surface area (Å²) < 4.78 is 5.49. The number of likely N-dealkylation sites (tertiary alicyclic amines) is 1. The van der Waals surface area contributed by atoms with Gasteiger partial charge >= 0.3 is 6.09 Å². The van der Waals surface area contributed by atoms with E-state index in [1.54, 1.807) is 10.5 Å². The topological polar surface area (TPSA) is 49.8 Å². The number of amides is 1. The van der Waals surface area contributed by atoms with E-state index in [9.17, 15) is 9.90 Å². The third kappa shape index (κ3) is 4.09. The van der Waals surface area contributed by atoms with Gasteiger partial charge in [-0.2, -0.15) is 0 Å². The Morgan fingerprint density at radius 2 is 2.13 bits per heavy atom. The second-order valence-electron chi connectivity index (χ2n) is 8.84. The predicted octanol–water partition coefficient (Wildman–Crippen LogP) is 3.88. The average molecular weight is 321 g/mol. The van der Waals surface area contributed by atoms with Gasteiger partial charge in [0.25, 0.3) is 0 Å². The van der Waals surface area contributed by atoms with Gasteiger partial charge in [-0.05, 0) is 77.0 Å². The first-order valence-electron chi connectivity index (χ1n) is 9.09. The molecule has 4 heteroatoms. The molecule has 1 saturated carbocycles. The van der Waals surface area contributed by atoms with Crippen molar-refractivity contribution in [2.45, 2.75) is 77.4 Å². The minimum atomic E-state index is -0.486. The third-order valence-corrected chi connectivity index (χ3v) is 5.65. The van der Waals surface area contributed by atoms with E-state index in [0.717, 1.165) is 12.8 Å². The van der Waals surface area contributed by atoms with Crippen LogP contribution in [0.4, 0.5) is 4.79 Å². The molecular formula is C19H31NO3. The zero-order valence-corrected chi connectivity index (χ0v) is 14.8. The molecule has 1 spiro atoms. The Morgan fingerprint density at radius 3 is 2.65 bits per heavy atom. The highest BCUT2D eigenvalue weighted by Gasteiger charge is 2.43. The smallest absolute Gasteiger partial charge is 0.410 e. The van der Waals surface area contributed by atoms with E-state index in [2.05, 4.69) is 6.08 Å². The summed E-state index contributed by atoms with van der Waals surface area (Å²) in [4.78, 5) is 14.1. The molecule has 1 aliphatic heterocycles. The molecule has 1 amide bonds. The van der Waals surface area contributed by atoms with Crippen LogP contribution in [0.2, 0.25) is 0 Å². The summed E-state index contributed by atoms with van der Waals surface area (Å²) in [6, 6.07) is -0.0891. The molecule has 3 rings (SSSR count). The summed E-state index contributed by atoms with van der Waals surface area (Å²) in [6.07, 6.45) is 10.8. The van der Waals surface area contributed by atoms with Crippen LogP contribution in [0.25, 0.3) is 0 Å². The molecule has 23 heavy (non-hydrogen) atoms. The van der Waals surface area contributed by atoms with Gasteiger partial charge in [-0.3, -0.25) is 0 Å². The molecular weight excluding hydrogens is 290 g/mol. The van der Waals surface area contributed by atoms with Crippen LogP contribution in [0, 0.1) is 11.3 Å². The van der Waals surface area contributed by atoms with Crippen LogP contribution in [0.3, 0.4) is 0 Å². The van der Waals surface area contributed by atoms with E-state index in [0.29, 0.717) is 17.9 Å². The summed E-state index contributed by atoms with van der Waals surface area (Å²) in [6.45, 7) is 6.38. The molecule has 1 N–H and O–H groups in total. The normalized spacial score (nSPS) is 29.6. The Balaban J connectivity index is 1.56. The number of ether oxygens (including phenoxy) is 1. The fourth-order valence-electron chi connectivity index (χ4n) is 4.06. The van der Waals surface area contributed by atoms with Crippen molar-refractivity contribution in [2.24, 2.45) is 11.3 Å². The van der Waals surface area contributed by atoms with Gasteiger partial charge in [-0.15, -0.1) is 0 Å². The highest BCUT2D eigenvalue weighted by molar-refractivity contribution is 5.69. The van der Waals surface area contributed by atoms with Gasteiger partial charge in [0, 0.05) is 6.54 Å². The van der Waals surface area contributed by atoms with Crippen LogP contribution in [0.5, 0.6) is 0 Å². The van der Waals surface area contributed by atoms with Gasteiger partial charge in [-0.1, -0.05) is 11.6 Å². The summed E-state index contributed by atoms with van der Waals surface area (Å²) >= 11 is 0. The van der Waals surface area contributed by atoms with Crippen LogP contribution in [0.1, 0.15) is 65.7 Å². The highest BCUT2D eigenvalue weighted by Crippen LogP contribution is 2.56. The second-order valence-corrected chi connectivity index (χ2v) is 8.84. The number of hydrogen-bond acceptors (Lipinski definition) is 3. The second kappa shape index (κ2) is 6.12. The molecule has 1 saturated heterocycles. The first kappa shape index (κ1) is 16.8. The molecule has 2 aliphatic carbocycles. The molecule has 3 aliphatic rings. The van der Waals surface area contributed by atoms with Crippen molar-refractivity contribution in [1.82, 2.24) is 4.90 Å². The van der Waals surface area contributed by atoms with Gasteiger partial charge in [0.2, 0.25) is 0 Å². The quantitative estimate of drug-likeness (QED) is 0.802. The van der Waals surface area contributed by atoms with Crippen LogP contribution in [-0.2, 0) is 4.74 Å². The van der Waals surface area contributed by atoms with E-state index in [1.807, 2.05) is 20.8 Å². The molecule has 0 radical (unpaired) electrons. The first-order chi connectivity index (χ1) is 10.8. The maximum absolute atomic E-state index is 12.3. The molecule has 0 aromatic heterocycles. The lowest BCUT2D eigenvalue weighted by Gasteiger charge is -2.27. The van der Waals surface area contributed by atoms with E-state index >= 15 is 0 Å². The van der Waals surface area contributed by atoms with Crippen molar-refractivity contribution in [3.05, 3.63) is 11.6 Å². The molecule has 2 atom stereocenters. The van der Waals surface area contributed by atoms with Crippen molar-refractivity contribution >= 4 is 6.09 Å². The molecule has 0 bridgehead atoms. The van der Waals surface area contributed by atoms with Crippen molar-refractivity contribution < 1.29 is 14.6 Å². The number of hydrogen-bond donors (Lipinski definition) is 1. The van der Waals surface area contributed by atoms with E-state index < -0.39 is 5.60 Å². The lowest BCUT2D eigenvalue weighted by atomic mass is 9.83. The average Bonchev–Trinajstić information content (AvgIpc) is 3.09. The molecule has 0 aromatic carbocycles. The van der Waals surface area contributed by atoms with Crippen LogP contribution < -0.4 is 0 Å². The Hall–Kier alpha value is -1.03. The number of aliphatic hydroxyl groups is 1. The fourth-order valence-corrected chi connectivity index (χ4v) is 4.06. The van der Waals surface area contributed by atoms with Gasteiger partial charge in [0.1, 0.15) is 5.60 Å². The molecule has 0 aromatic rings. The lowest BCUT2D eigenvalue weighted by Crippen LogP contribution is -2.41. The number of allylic oxidation sites excluding steroid dienone is 2. The van der Waals surface area contributed by atoms with Gasteiger partial charge < -0.3 is 14.7 Å². The fraction of sp³-hybridized carbons (Fsp3) is 0.842. The third-order valence-electron chi connectivity index (χ3n) is 5.65. The Kier molecular flexibility index (Phi) is 4.47. The minimum Gasteiger partial charge on any atom is -0.444 e. The predicted molar refractivity (Wildman–Crippen MR) is 90.1 cm³/mol. The Morgan fingerprint density at radius 1 is 1.39 bits per heavy atom. The summed E-state index contributed by atoms with van der Waals surface area (Å²) in [5, 5.41) is 9.62. The van der Waals surface area contributed by atoms with Crippen LogP contribution in [0.15, 0.2) is 11.6 Å². The minimum absolute atomic E-state index is 0.0257. The lowest BCUT2D eigenvalue weighted by molar-refractivity contribution is 0.0172. The number of carbonyl (C=O) groups is 1. The maximum atomic E-state index is 12.3. The maximum Gasteiger partial charge on any atom is 0.410 e. The van der Waals surface area contributed by atoms with Crippen molar-refractivity contribution in [2.75, 3.05) is 13.2 Å². The van der Waals surface area contributed by atoms with Crippen LogP contribution >= 0.6 is 0 Å². The van der Waals surface area contributed by atoms with E-state index in [4.69, 9.17) is 4.74 Å². The van der Waals surface area contributed by atoms with Crippen molar-refractivity contribution in [3.63, 3.8) is 0 Å². The summed E-state index contributed by atoms with van der Waals surface area (Å²) in [5.41, 5.74) is 1.75. The summed E-state index contributed by atoms with van der Waals surface area (Å²) in [5.74, 6) is 0.458. The van der Waals surface area contributed by atoms with Gasteiger partial charge in [0.05, 0.1) is 12.6 Å². The molecule has 0 unspecified atom stereocenters. The van der Waals surface area contributed by atoms with E-state index in [-0.39, 0.29) is 18.7 Å². The van der Waals surface area contributed by atoms with Crippen molar-refractivity contribution in [1.29, 1.82) is 0 Å².